The summed E-state index contributed by atoms with van der Waals surface area (Å²) in [5.74, 6) is 1.05. The number of rotatable bonds is 10. The summed E-state index contributed by atoms with van der Waals surface area (Å²) in [5.41, 5.74) is 6.98. The van der Waals surface area contributed by atoms with Crippen LogP contribution in [0.1, 0.15) is 44.2 Å². The summed E-state index contributed by atoms with van der Waals surface area (Å²) in [4.78, 5) is 15.6. The van der Waals surface area contributed by atoms with Gasteiger partial charge in [0.15, 0.2) is 0 Å². The second kappa shape index (κ2) is 10.9. The maximum absolute atomic E-state index is 13.2. The minimum atomic E-state index is -0.894. The topological polar surface area (TPSA) is 64.8 Å². The number of carbonyl (C=O) groups is 1. The van der Waals surface area contributed by atoms with Gasteiger partial charge >= 0.3 is 0 Å². The third-order valence-electron chi connectivity index (χ3n) is 7.49. The van der Waals surface area contributed by atoms with E-state index in [9.17, 15) is 4.79 Å². The van der Waals surface area contributed by atoms with Gasteiger partial charge in [-0.2, -0.15) is 0 Å². The second-order valence-corrected chi connectivity index (χ2v) is 10.5. The van der Waals surface area contributed by atoms with Gasteiger partial charge < -0.3 is 15.2 Å². The predicted molar refractivity (Wildman–Crippen MR) is 145 cm³/mol. The molecule has 5 nitrogen and oxygen atoms in total. The molecule has 190 valence electrons. The highest BCUT2D eigenvalue weighted by atomic mass is 35.5. The van der Waals surface area contributed by atoms with E-state index in [1.54, 1.807) is 13.2 Å². The fraction of sp³-hybridized carbons (Fsp3) is 0.367. The van der Waals surface area contributed by atoms with E-state index in [1.165, 1.54) is 0 Å². The lowest BCUT2D eigenvalue weighted by molar-refractivity contribution is -0.122. The summed E-state index contributed by atoms with van der Waals surface area (Å²) in [5, 5.41) is 0.537. The molecule has 0 spiro atoms. The van der Waals surface area contributed by atoms with Crippen LogP contribution in [0.15, 0.2) is 78.9 Å². The molecule has 36 heavy (non-hydrogen) atoms. The Hall–Kier alpha value is -3.02. The van der Waals surface area contributed by atoms with Crippen LogP contribution in [0.2, 0.25) is 5.02 Å². The first-order chi connectivity index (χ1) is 17.3. The van der Waals surface area contributed by atoms with Crippen LogP contribution >= 0.6 is 11.6 Å². The maximum atomic E-state index is 13.2. The molecule has 1 saturated heterocycles. The molecule has 3 aromatic carbocycles. The summed E-state index contributed by atoms with van der Waals surface area (Å²) < 4.78 is 11.5. The fourth-order valence-electron chi connectivity index (χ4n) is 5.25. The van der Waals surface area contributed by atoms with Crippen molar-refractivity contribution in [2.45, 2.75) is 50.2 Å². The molecule has 2 N–H and O–H groups in total. The van der Waals surface area contributed by atoms with Crippen LogP contribution in [0.5, 0.6) is 11.5 Å². The van der Waals surface area contributed by atoms with E-state index in [2.05, 4.69) is 18.7 Å². The molecule has 1 aliphatic heterocycles. The van der Waals surface area contributed by atoms with E-state index in [1.807, 2.05) is 72.8 Å². The molecule has 0 bridgehead atoms. The normalized spacial score (nSPS) is 16.6. The molecule has 1 fully saturated rings. The van der Waals surface area contributed by atoms with Gasteiger partial charge in [-0.15, -0.1) is 0 Å². The molecule has 0 aromatic heterocycles. The van der Waals surface area contributed by atoms with E-state index >= 15 is 0 Å². The minimum absolute atomic E-state index is 0.0675. The van der Waals surface area contributed by atoms with E-state index in [0.717, 1.165) is 42.8 Å². The first-order valence-corrected chi connectivity index (χ1v) is 12.8. The van der Waals surface area contributed by atoms with Crippen LogP contribution < -0.4 is 15.2 Å². The maximum Gasteiger partial charge on any atom is 0.232 e. The van der Waals surface area contributed by atoms with Crippen molar-refractivity contribution in [1.29, 1.82) is 0 Å². The van der Waals surface area contributed by atoms with Crippen molar-refractivity contribution in [3.8, 4) is 11.5 Å². The number of nitrogens with two attached hydrogens (primary N) is 1. The Morgan fingerprint density at radius 3 is 2.14 bits per heavy atom. The standard InChI is InChI=1S/C30H35ClN2O3/c1-29(2,33-19-16-25(21-33)36-24-14-15-27(35-3)26(31)20-24)17-18-30(28(32)34,22-10-6-4-7-11-22)23-12-8-5-9-13-23/h4-15,20,25H,16-19,21H2,1-3H3,(H2,32,34). The van der Waals surface area contributed by atoms with E-state index in [4.69, 9.17) is 26.8 Å². The summed E-state index contributed by atoms with van der Waals surface area (Å²) in [6.45, 7) is 6.20. The number of hydrogen-bond acceptors (Lipinski definition) is 4. The van der Waals surface area contributed by atoms with Gasteiger partial charge in [0.05, 0.1) is 17.5 Å². The van der Waals surface area contributed by atoms with Gasteiger partial charge in [0.2, 0.25) is 5.91 Å². The second-order valence-electron chi connectivity index (χ2n) is 10.1. The van der Waals surface area contributed by atoms with Crippen LogP contribution in [-0.2, 0) is 10.2 Å². The largest absolute Gasteiger partial charge is 0.495 e. The Morgan fingerprint density at radius 1 is 1.00 bits per heavy atom. The lowest BCUT2D eigenvalue weighted by Crippen LogP contribution is -2.47. The Bertz CT molecular complexity index is 1130. The molecular formula is C30H35ClN2O3. The van der Waals surface area contributed by atoms with Crippen molar-refractivity contribution in [3.63, 3.8) is 0 Å². The lowest BCUT2D eigenvalue weighted by Gasteiger charge is -2.40. The zero-order valence-corrected chi connectivity index (χ0v) is 22.0. The molecule has 4 rings (SSSR count). The van der Waals surface area contributed by atoms with Crippen molar-refractivity contribution in [2.24, 2.45) is 5.73 Å². The highest BCUT2D eigenvalue weighted by Gasteiger charge is 2.43. The summed E-state index contributed by atoms with van der Waals surface area (Å²) in [6, 6.07) is 25.3. The number of primary amides is 1. The van der Waals surface area contributed by atoms with Crippen LogP contribution in [0.25, 0.3) is 0 Å². The molecule has 0 radical (unpaired) electrons. The first-order valence-electron chi connectivity index (χ1n) is 12.4. The number of hydrogen-bond donors (Lipinski definition) is 1. The van der Waals surface area contributed by atoms with Gasteiger partial charge in [-0.1, -0.05) is 72.3 Å². The average Bonchev–Trinajstić information content (AvgIpc) is 3.35. The quantitative estimate of drug-likeness (QED) is 0.375. The SMILES string of the molecule is COc1ccc(OC2CCN(C(C)(C)CCC(C(N)=O)(c3ccccc3)c3ccccc3)C2)cc1Cl. The number of amides is 1. The van der Waals surface area contributed by atoms with Crippen molar-refractivity contribution < 1.29 is 14.3 Å². The van der Waals surface area contributed by atoms with E-state index in [-0.39, 0.29) is 17.6 Å². The smallest absolute Gasteiger partial charge is 0.232 e. The zero-order valence-electron chi connectivity index (χ0n) is 21.2. The number of benzene rings is 3. The predicted octanol–water partition coefficient (Wildman–Crippen LogP) is 5.83. The molecule has 3 aromatic rings. The van der Waals surface area contributed by atoms with Crippen LogP contribution in [0.4, 0.5) is 0 Å². The van der Waals surface area contributed by atoms with Crippen LogP contribution in [0.3, 0.4) is 0 Å². The minimum Gasteiger partial charge on any atom is -0.495 e. The molecule has 6 heteroatoms. The average molecular weight is 507 g/mol. The Kier molecular flexibility index (Phi) is 7.91. The van der Waals surface area contributed by atoms with Crippen molar-refractivity contribution in [1.82, 2.24) is 4.90 Å². The van der Waals surface area contributed by atoms with Crippen molar-refractivity contribution in [2.75, 3.05) is 20.2 Å². The Balaban J connectivity index is 1.50. The Morgan fingerprint density at radius 2 is 1.61 bits per heavy atom. The molecule has 1 aliphatic rings. The molecular weight excluding hydrogens is 472 g/mol. The summed E-state index contributed by atoms with van der Waals surface area (Å²) in [7, 11) is 1.60. The number of likely N-dealkylation sites (tertiary alicyclic amines) is 1. The molecule has 1 atom stereocenters. The van der Waals surface area contributed by atoms with E-state index in [0.29, 0.717) is 17.2 Å². The van der Waals surface area contributed by atoms with Crippen molar-refractivity contribution >= 4 is 17.5 Å². The zero-order chi connectivity index (χ0) is 25.8. The van der Waals surface area contributed by atoms with Crippen LogP contribution in [0, 0.1) is 0 Å². The Labute approximate surface area is 219 Å². The molecule has 0 saturated carbocycles. The highest BCUT2D eigenvalue weighted by molar-refractivity contribution is 6.32. The summed E-state index contributed by atoms with van der Waals surface area (Å²) in [6.07, 6.45) is 2.39. The number of halogens is 1. The van der Waals surface area contributed by atoms with Gasteiger partial charge in [0, 0.05) is 24.7 Å². The number of ether oxygens (including phenoxy) is 2. The first kappa shape index (κ1) is 26.1. The number of nitrogens with zero attached hydrogens (tertiary/aromatic N) is 1. The fourth-order valence-corrected chi connectivity index (χ4v) is 5.49. The van der Waals surface area contributed by atoms with Crippen LogP contribution in [-0.4, -0.2) is 42.6 Å². The third kappa shape index (κ3) is 5.37. The lowest BCUT2D eigenvalue weighted by atomic mass is 9.69. The molecule has 0 aliphatic carbocycles. The van der Waals surface area contributed by atoms with Gasteiger partial charge in [-0.25, -0.2) is 0 Å². The van der Waals surface area contributed by atoms with E-state index < -0.39 is 5.41 Å². The van der Waals surface area contributed by atoms with Gasteiger partial charge in [-0.05, 0) is 56.4 Å². The van der Waals surface area contributed by atoms with Gasteiger partial charge in [0.25, 0.3) is 0 Å². The molecule has 1 amide bonds. The monoisotopic (exact) mass is 506 g/mol. The van der Waals surface area contributed by atoms with Crippen molar-refractivity contribution in [3.05, 3.63) is 95.0 Å². The van der Waals surface area contributed by atoms with Gasteiger partial charge in [0.1, 0.15) is 17.6 Å². The summed E-state index contributed by atoms with van der Waals surface area (Å²) >= 11 is 6.27. The highest BCUT2D eigenvalue weighted by Crippen LogP contribution is 2.40. The third-order valence-corrected chi connectivity index (χ3v) is 7.79. The molecule has 1 heterocycles. The van der Waals surface area contributed by atoms with Gasteiger partial charge in [-0.3, -0.25) is 9.69 Å². The number of methoxy groups -OCH3 is 1. The molecule has 1 unspecified atom stereocenters. The number of carbonyl (C=O) groups excluding carboxylic acids is 1.